The standard InChI is InChI=1S/C13H15NO3/c1-10(16)14(11(2)17)8-7-12-5-3-4-6-13(12)9-15/h3-6,9H,7-8H2,1-2H3. The molecule has 4 nitrogen and oxygen atoms in total. The summed E-state index contributed by atoms with van der Waals surface area (Å²) in [7, 11) is 0. The highest BCUT2D eigenvalue weighted by molar-refractivity contribution is 5.92. The van der Waals surface area contributed by atoms with Gasteiger partial charge in [0.15, 0.2) is 0 Å². The molecule has 4 heteroatoms. The van der Waals surface area contributed by atoms with E-state index in [1.165, 1.54) is 18.7 Å². The van der Waals surface area contributed by atoms with Crippen LogP contribution in [0, 0.1) is 0 Å². The van der Waals surface area contributed by atoms with E-state index in [1.807, 2.05) is 12.1 Å². The van der Waals surface area contributed by atoms with Gasteiger partial charge in [0.2, 0.25) is 11.8 Å². The van der Waals surface area contributed by atoms with E-state index in [1.54, 1.807) is 12.1 Å². The molecule has 0 bridgehead atoms. The van der Waals surface area contributed by atoms with Crippen molar-refractivity contribution in [1.29, 1.82) is 0 Å². The molecule has 0 spiro atoms. The SMILES string of the molecule is CC(=O)N(CCc1ccccc1C=O)C(C)=O. The van der Waals surface area contributed by atoms with Crippen LogP contribution < -0.4 is 0 Å². The van der Waals surface area contributed by atoms with E-state index >= 15 is 0 Å². The third kappa shape index (κ3) is 3.52. The van der Waals surface area contributed by atoms with Crippen LogP contribution in [0.5, 0.6) is 0 Å². The first kappa shape index (κ1) is 13.1. The van der Waals surface area contributed by atoms with Crippen LogP contribution in [0.25, 0.3) is 0 Å². The molecule has 1 rings (SSSR count). The van der Waals surface area contributed by atoms with Crippen molar-refractivity contribution < 1.29 is 14.4 Å². The van der Waals surface area contributed by atoms with Crippen molar-refractivity contribution >= 4 is 18.1 Å². The Bertz CT molecular complexity index is 426. The summed E-state index contributed by atoms with van der Waals surface area (Å²) in [4.78, 5) is 34.4. The zero-order valence-corrected chi connectivity index (χ0v) is 9.97. The van der Waals surface area contributed by atoms with Crippen LogP contribution in [-0.4, -0.2) is 29.5 Å². The quantitative estimate of drug-likeness (QED) is 0.739. The molecule has 0 heterocycles. The molecule has 17 heavy (non-hydrogen) atoms. The second-order valence-corrected chi connectivity index (χ2v) is 3.76. The summed E-state index contributed by atoms with van der Waals surface area (Å²) in [6, 6.07) is 7.14. The summed E-state index contributed by atoms with van der Waals surface area (Å²) in [5, 5.41) is 0. The Balaban J connectivity index is 2.75. The Morgan fingerprint density at radius 2 is 1.76 bits per heavy atom. The third-order valence-electron chi connectivity index (χ3n) is 2.55. The summed E-state index contributed by atoms with van der Waals surface area (Å²) in [6.45, 7) is 3.01. The number of carbonyl (C=O) groups excluding carboxylic acids is 3. The van der Waals surface area contributed by atoms with E-state index in [4.69, 9.17) is 0 Å². The zero-order valence-electron chi connectivity index (χ0n) is 9.97. The van der Waals surface area contributed by atoms with Gasteiger partial charge in [-0.15, -0.1) is 0 Å². The van der Waals surface area contributed by atoms with Crippen molar-refractivity contribution in [2.24, 2.45) is 0 Å². The van der Waals surface area contributed by atoms with E-state index in [0.29, 0.717) is 18.5 Å². The van der Waals surface area contributed by atoms with E-state index in [-0.39, 0.29) is 11.8 Å². The minimum absolute atomic E-state index is 0.277. The molecule has 1 aromatic carbocycles. The summed E-state index contributed by atoms with van der Waals surface area (Å²) in [5.41, 5.74) is 1.44. The van der Waals surface area contributed by atoms with Gasteiger partial charge >= 0.3 is 0 Å². The Morgan fingerprint density at radius 1 is 1.18 bits per heavy atom. The predicted molar refractivity (Wildman–Crippen MR) is 63.6 cm³/mol. The Hall–Kier alpha value is -1.97. The second-order valence-electron chi connectivity index (χ2n) is 3.76. The summed E-state index contributed by atoms with van der Waals surface area (Å²) < 4.78 is 0. The van der Waals surface area contributed by atoms with E-state index in [0.717, 1.165) is 11.8 Å². The molecule has 0 fully saturated rings. The fourth-order valence-electron chi connectivity index (χ4n) is 1.65. The highest BCUT2D eigenvalue weighted by Gasteiger charge is 2.13. The topological polar surface area (TPSA) is 54.5 Å². The predicted octanol–water partition coefficient (Wildman–Crippen LogP) is 1.44. The lowest BCUT2D eigenvalue weighted by Crippen LogP contribution is -2.35. The van der Waals surface area contributed by atoms with Crippen LogP contribution in [0.2, 0.25) is 0 Å². The maximum atomic E-state index is 11.2. The van der Waals surface area contributed by atoms with E-state index < -0.39 is 0 Å². The first-order valence-corrected chi connectivity index (χ1v) is 5.38. The fourth-order valence-corrected chi connectivity index (χ4v) is 1.65. The van der Waals surface area contributed by atoms with Crippen LogP contribution in [-0.2, 0) is 16.0 Å². The van der Waals surface area contributed by atoms with Crippen LogP contribution in [0.3, 0.4) is 0 Å². The number of rotatable bonds is 4. The molecule has 1 aromatic rings. The van der Waals surface area contributed by atoms with Crippen molar-refractivity contribution in [3.05, 3.63) is 35.4 Å². The molecule has 0 aromatic heterocycles. The molecule has 0 atom stereocenters. The largest absolute Gasteiger partial charge is 0.298 e. The average Bonchev–Trinajstić information content (AvgIpc) is 2.29. The van der Waals surface area contributed by atoms with E-state index in [9.17, 15) is 14.4 Å². The van der Waals surface area contributed by atoms with Crippen molar-refractivity contribution in [1.82, 2.24) is 4.90 Å². The lowest BCUT2D eigenvalue weighted by atomic mass is 10.1. The Kier molecular flexibility index (Phi) is 4.57. The monoisotopic (exact) mass is 233 g/mol. The van der Waals surface area contributed by atoms with E-state index in [2.05, 4.69) is 0 Å². The number of amides is 2. The first-order chi connectivity index (χ1) is 8.06. The fraction of sp³-hybridized carbons (Fsp3) is 0.308. The molecule has 0 aliphatic rings. The molecular weight excluding hydrogens is 218 g/mol. The van der Waals surface area contributed by atoms with Gasteiger partial charge in [-0.2, -0.15) is 0 Å². The van der Waals surface area contributed by atoms with Crippen molar-refractivity contribution in [2.75, 3.05) is 6.54 Å². The maximum Gasteiger partial charge on any atom is 0.226 e. The van der Waals surface area contributed by atoms with Crippen LogP contribution in [0.4, 0.5) is 0 Å². The average molecular weight is 233 g/mol. The van der Waals surface area contributed by atoms with Gasteiger partial charge in [0.1, 0.15) is 6.29 Å². The highest BCUT2D eigenvalue weighted by atomic mass is 16.2. The lowest BCUT2D eigenvalue weighted by Gasteiger charge is -2.17. The molecule has 90 valence electrons. The molecule has 0 saturated heterocycles. The van der Waals surface area contributed by atoms with Gasteiger partial charge in [-0.25, -0.2) is 0 Å². The van der Waals surface area contributed by atoms with Gasteiger partial charge in [0, 0.05) is 26.0 Å². The summed E-state index contributed by atoms with van der Waals surface area (Å²) in [6.07, 6.45) is 1.27. The molecule has 0 aliphatic carbocycles. The Labute approximate surface area is 100 Å². The summed E-state index contributed by atoms with van der Waals surface area (Å²) in [5.74, 6) is -0.554. The lowest BCUT2D eigenvalue weighted by molar-refractivity contribution is -0.141. The van der Waals surface area contributed by atoms with Crippen molar-refractivity contribution in [3.63, 3.8) is 0 Å². The van der Waals surface area contributed by atoms with Crippen LogP contribution in [0.1, 0.15) is 29.8 Å². The molecular formula is C13H15NO3. The van der Waals surface area contributed by atoms with Gasteiger partial charge in [0.05, 0.1) is 0 Å². The number of imide groups is 1. The highest BCUT2D eigenvalue weighted by Crippen LogP contribution is 2.08. The van der Waals surface area contributed by atoms with Gasteiger partial charge in [-0.1, -0.05) is 24.3 Å². The minimum Gasteiger partial charge on any atom is -0.298 e. The zero-order chi connectivity index (χ0) is 12.8. The van der Waals surface area contributed by atoms with Gasteiger partial charge < -0.3 is 0 Å². The molecule has 0 radical (unpaired) electrons. The van der Waals surface area contributed by atoms with Crippen molar-refractivity contribution in [2.45, 2.75) is 20.3 Å². The molecule has 0 aliphatic heterocycles. The number of carbonyl (C=O) groups is 3. The van der Waals surface area contributed by atoms with Crippen LogP contribution >= 0.6 is 0 Å². The molecule has 0 unspecified atom stereocenters. The second kappa shape index (κ2) is 5.94. The minimum atomic E-state index is -0.277. The normalized spacial score (nSPS) is 9.76. The number of hydrogen-bond acceptors (Lipinski definition) is 3. The Morgan fingerprint density at radius 3 is 2.29 bits per heavy atom. The number of hydrogen-bond donors (Lipinski definition) is 0. The first-order valence-electron chi connectivity index (χ1n) is 5.38. The smallest absolute Gasteiger partial charge is 0.226 e. The van der Waals surface area contributed by atoms with Gasteiger partial charge in [-0.05, 0) is 12.0 Å². The van der Waals surface area contributed by atoms with Gasteiger partial charge in [0.25, 0.3) is 0 Å². The maximum absolute atomic E-state index is 11.2. The molecule has 2 amide bonds. The van der Waals surface area contributed by atoms with Crippen molar-refractivity contribution in [3.8, 4) is 0 Å². The third-order valence-corrected chi connectivity index (χ3v) is 2.55. The molecule has 0 N–H and O–H groups in total. The molecule has 0 saturated carbocycles. The van der Waals surface area contributed by atoms with Gasteiger partial charge in [-0.3, -0.25) is 19.3 Å². The number of aldehydes is 1. The number of nitrogens with zero attached hydrogens (tertiary/aromatic N) is 1. The van der Waals surface area contributed by atoms with Crippen LogP contribution in [0.15, 0.2) is 24.3 Å². The summed E-state index contributed by atoms with van der Waals surface area (Å²) >= 11 is 0. The number of benzene rings is 1.